The van der Waals surface area contributed by atoms with Crippen LogP contribution in [0.4, 0.5) is 0 Å². The van der Waals surface area contributed by atoms with E-state index in [0.717, 1.165) is 68.8 Å². The zero-order valence-corrected chi connectivity index (χ0v) is 47.6. The fourth-order valence-electron chi connectivity index (χ4n) is 7.84. The average Bonchev–Trinajstić information content (AvgIpc) is 4.00. The van der Waals surface area contributed by atoms with Crippen LogP contribution in [0.15, 0.2) is 99.2 Å². The van der Waals surface area contributed by atoms with Crippen LogP contribution in [-0.2, 0) is 42.6 Å². The van der Waals surface area contributed by atoms with Gasteiger partial charge in [-0.3, -0.25) is 4.79 Å². The van der Waals surface area contributed by atoms with E-state index in [-0.39, 0.29) is 33.2 Å². The SMILES string of the molecule is C.CCC(=N)CO.CCc1noc(C(C)(C)Cc2c(SC(C)(C)C)c3cc(OC)ccc3n2Cc2ccc(Cl)cc2)n1.COc1ccc2c(c1)c(SC(C)(C)C)c(CC(C)(C)C(=O)O)n2Cc1ccc(Cl)cc1.[HH].[HH].[HH]. The number of aryl methyl sites for hydroxylation is 1. The summed E-state index contributed by atoms with van der Waals surface area (Å²) in [5, 5.41) is 32.6. The van der Waals surface area contributed by atoms with E-state index in [2.05, 4.69) is 111 Å². The van der Waals surface area contributed by atoms with Gasteiger partial charge < -0.3 is 38.8 Å². The van der Waals surface area contributed by atoms with Gasteiger partial charge in [0.1, 0.15) is 11.5 Å². The molecule has 0 atom stereocenters. The Labute approximate surface area is 456 Å². The van der Waals surface area contributed by atoms with E-state index in [0.29, 0.717) is 36.0 Å². The predicted octanol–water partition coefficient (Wildman–Crippen LogP) is 16.4. The van der Waals surface area contributed by atoms with Crippen LogP contribution in [-0.4, -0.2) is 71.5 Å². The predicted molar refractivity (Wildman–Crippen MR) is 313 cm³/mol. The largest absolute Gasteiger partial charge is 0.497 e. The zero-order chi connectivity index (χ0) is 53.3. The second-order valence-electron chi connectivity index (χ2n) is 21.1. The monoisotopic (exact) mass is 1080 g/mol. The molecule has 11 nitrogen and oxygen atoms in total. The molecule has 7 aromatic rings. The Morgan fingerprint density at radius 1 is 0.712 bits per heavy atom. The number of fused-ring (bicyclic) bond motifs is 2. The Kier molecular flexibility index (Phi) is 21.2. The Bertz CT molecular complexity index is 2960. The van der Waals surface area contributed by atoms with Gasteiger partial charge in [-0.05, 0) is 92.1 Å². The zero-order valence-electron chi connectivity index (χ0n) is 44.4. The molecule has 0 amide bonds. The summed E-state index contributed by atoms with van der Waals surface area (Å²) in [6, 6.07) is 28.3. The van der Waals surface area contributed by atoms with Gasteiger partial charge in [-0.25, -0.2) is 0 Å². The number of nitrogens with zero attached hydrogens (tertiary/aromatic N) is 4. The number of ether oxygens (including phenoxy) is 2. The standard InChI is InChI=1S/C28H34ClN3O2S.C25H30ClNO3S.C4H9NO.CH4.3H2/c1-8-24-30-26(34-31-24)28(5,6)16-23-25(35-27(2,3)4)21-15-20(33-7)13-14-22(21)32(23)17-18-9-11-19(29)12-10-18;1-24(2,3)31-22-19-13-18(30-6)11-12-20(19)27(15-16-7-9-17(26)10-8-16)21(22)14-25(4,5)23(28)29;1-2-4(5)3-6;;;;/h9-15H,8,16-17H2,1-7H3;7-13H,14-15H2,1-6H3,(H,28,29);5-6H,2-3H2,1H3;1H4;3*1H. The summed E-state index contributed by atoms with van der Waals surface area (Å²) in [6.45, 7) is 26.4. The lowest BCUT2D eigenvalue weighted by Gasteiger charge is -2.24. The van der Waals surface area contributed by atoms with E-state index < -0.39 is 11.4 Å². The number of hydrogen-bond acceptors (Lipinski definition) is 10. The molecule has 4 aromatic carbocycles. The second-order valence-corrected chi connectivity index (χ2v) is 25.6. The number of hydrogen-bond donors (Lipinski definition) is 3. The molecule has 402 valence electrons. The van der Waals surface area contributed by atoms with Gasteiger partial charge in [0, 0.05) is 110 Å². The molecule has 0 bridgehead atoms. The normalized spacial score (nSPS) is 11.9. The summed E-state index contributed by atoms with van der Waals surface area (Å²) in [4.78, 5) is 19.1. The van der Waals surface area contributed by atoms with Crippen molar-refractivity contribution in [3.8, 4) is 11.5 Å². The van der Waals surface area contributed by atoms with Gasteiger partial charge in [-0.1, -0.05) is 129 Å². The van der Waals surface area contributed by atoms with Crippen LogP contribution >= 0.6 is 46.7 Å². The number of benzene rings is 4. The highest BCUT2D eigenvalue weighted by atomic mass is 35.5. The molecule has 0 saturated heterocycles. The number of methoxy groups -OCH3 is 2. The van der Waals surface area contributed by atoms with Crippen molar-refractivity contribution in [3.05, 3.63) is 129 Å². The quantitative estimate of drug-likeness (QED) is 0.0594. The molecule has 0 fully saturated rings. The van der Waals surface area contributed by atoms with Crippen molar-refractivity contribution in [2.24, 2.45) is 5.41 Å². The van der Waals surface area contributed by atoms with Crippen LogP contribution in [0, 0.1) is 10.8 Å². The third kappa shape index (κ3) is 16.3. The summed E-state index contributed by atoms with van der Waals surface area (Å²) in [6.07, 6.45) is 2.59. The van der Waals surface area contributed by atoms with Crippen molar-refractivity contribution < 1.29 is 33.3 Å². The van der Waals surface area contributed by atoms with E-state index in [1.165, 1.54) is 27.1 Å². The van der Waals surface area contributed by atoms with Gasteiger partial charge in [0.2, 0.25) is 5.89 Å². The number of thioether (sulfide) groups is 2. The first-order valence-electron chi connectivity index (χ1n) is 24.2. The molecule has 3 heterocycles. The molecular weight excluding hydrogens is 998 g/mol. The molecular formula is C58H83Cl2N5O6S2. The first-order chi connectivity index (χ1) is 33.7. The molecule has 0 saturated carbocycles. The van der Waals surface area contributed by atoms with Crippen molar-refractivity contribution in [2.45, 2.75) is 154 Å². The van der Waals surface area contributed by atoms with Gasteiger partial charge in [0.25, 0.3) is 0 Å². The van der Waals surface area contributed by atoms with E-state index in [1.807, 2.05) is 74.1 Å². The number of carboxylic acids is 1. The van der Waals surface area contributed by atoms with E-state index in [4.69, 9.17) is 47.7 Å². The lowest BCUT2D eigenvalue weighted by molar-refractivity contribution is -0.146. The highest BCUT2D eigenvalue weighted by Crippen LogP contribution is 2.46. The van der Waals surface area contributed by atoms with Crippen molar-refractivity contribution >= 4 is 80.2 Å². The molecule has 0 aliphatic heterocycles. The fourth-order valence-corrected chi connectivity index (χ4v) is 10.5. The topological polar surface area (TPSA) is 149 Å². The summed E-state index contributed by atoms with van der Waals surface area (Å²) in [5.74, 6) is 2.24. The Balaban J connectivity index is 0.000000658. The minimum Gasteiger partial charge on any atom is -0.497 e. The van der Waals surface area contributed by atoms with E-state index in [1.54, 1.807) is 39.8 Å². The Hall–Kier alpha value is -4.92. The number of carboxylic acid groups (broad SMARTS) is 1. The summed E-state index contributed by atoms with van der Waals surface area (Å²) < 4.78 is 21.5. The number of aliphatic hydroxyl groups excluding tert-OH is 1. The number of aliphatic hydroxyl groups is 1. The maximum atomic E-state index is 12.0. The number of rotatable bonds is 17. The van der Waals surface area contributed by atoms with Crippen molar-refractivity contribution in [1.82, 2.24) is 19.3 Å². The van der Waals surface area contributed by atoms with Gasteiger partial charge in [0.15, 0.2) is 5.82 Å². The molecule has 3 N–H and O–H groups in total. The maximum Gasteiger partial charge on any atom is 0.309 e. The first-order valence-corrected chi connectivity index (χ1v) is 26.6. The molecule has 0 aliphatic rings. The average molecular weight is 1080 g/mol. The van der Waals surface area contributed by atoms with Crippen LogP contribution in [0.3, 0.4) is 0 Å². The summed E-state index contributed by atoms with van der Waals surface area (Å²) in [5.41, 5.74) is 5.99. The Morgan fingerprint density at radius 2 is 1.14 bits per heavy atom. The minimum atomic E-state index is -0.899. The molecule has 15 heteroatoms. The molecule has 73 heavy (non-hydrogen) atoms. The third-order valence-electron chi connectivity index (χ3n) is 11.8. The first kappa shape index (κ1) is 60.6. The van der Waals surface area contributed by atoms with Crippen LogP contribution < -0.4 is 9.47 Å². The van der Waals surface area contributed by atoms with Gasteiger partial charge >= 0.3 is 5.97 Å². The minimum absolute atomic E-state index is 0. The smallest absolute Gasteiger partial charge is 0.309 e. The summed E-state index contributed by atoms with van der Waals surface area (Å²) >= 11 is 15.9. The molecule has 0 spiro atoms. The van der Waals surface area contributed by atoms with Gasteiger partial charge in [0.05, 0.1) is 26.2 Å². The van der Waals surface area contributed by atoms with Crippen LogP contribution in [0.25, 0.3) is 21.8 Å². The number of carbonyl (C=O) groups is 1. The number of halogens is 2. The molecule has 3 aromatic heterocycles. The van der Waals surface area contributed by atoms with Crippen molar-refractivity contribution in [3.63, 3.8) is 0 Å². The second kappa shape index (κ2) is 25.5. The lowest BCUT2D eigenvalue weighted by Crippen LogP contribution is -2.28. The Morgan fingerprint density at radius 3 is 1.47 bits per heavy atom. The van der Waals surface area contributed by atoms with Crippen molar-refractivity contribution in [1.29, 1.82) is 5.41 Å². The lowest BCUT2D eigenvalue weighted by atomic mass is 9.87. The highest BCUT2D eigenvalue weighted by molar-refractivity contribution is 8.01. The highest BCUT2D eigenvalue weighted by Gasteiger charge is 2.35. The molecule has 0 unspecified atom stereocenters. The summed E-state index contributed by atoms with van der Waals surface area (Å²) in [7, 11) is 3.38. The fraction of sp³-hybridized carbons (Fsp3) is 0.448. The van der Waals surface area contributed by atoms with Gasteiger partial charge in [-0.2, -0.15) is 4.98 Å². The number of aromatic nitrogens is 4. The van der Waals surface area contributed by atoms with Crippen LogP contribution in [0.1, 0.15) is 135 Å². The molecule has 7 rings (SSSR count). The molecule has 0 aliphatic carbocycles. The van der Waals surface area contributed by atoms with Gasteiger partial charge in [-0.15, -0.1) is 23.5 Å². The van der Waals surface area contributed by atoms with E-state index >= 15 is 0 Å². The number of aliphatic carboxylic acids is 1. The molecule has 0 radical (unpaired) electrons. The maximum absolute atomic E-state index is 12.0. The van der Waals surface area contributed by atoms with Crippen LogP contribution in [0.2, 0.25) is 10.0 Å². The van der Waals surface area contributed by atoms with Crippen LogP contribution in [0.5, 0.6) is 11.5 Å². The van der Waals surface area contributed by atoms with E-state index in [9.17, 15) is 9.90 Å². The third-order valence-corrected chi connectivity index (χ3v) is 14.8. The number of nitrogens with one attached hydrogen (secondary N) is 1. The van der Waals surface area contributed by atoms with Crippen molar-refractivity contribution in [2.75, 3.05) is 20.8 Å².